The fraction of sp³-hybridized carbons (Fsp3) is 0.364. The molecule has 16 heavy (non-hydrogen) atoms. The molecule has 1 aromatic rings. The van der Waals surface area contributed by atoms with Crippen LogP contribution in [0, 0.1) is 11.3 Å². The molecule has 0 radical (unpaired) electrons. The molecule has 0 aliphatic rings. The molecular weight excluding hydrogens is 206 g/mol. The van der Waals surface area contributed by atoms with Crippen molar-refractivity contribution in [1.82, 2.24) is 4.98 Å². The van der Waals surface area contributed by atoms with Crippen LogP contribution in [0.3, 0.4) is 0 Å². The Kier molecular flexibility index (Phi) is 4.42. The van der Waals surface area contributed by atoms with Crippen LogP contribution in [0.2, 0.25) is 0 Å². The molecule has 0 atom stereocenters. The number of nitriles is 1. The topological polar surface area (TPSA) is 75.0 Å². The smallest absolute Gasteiger partial charge is 0.251 e. The van der Waals surface area contributed by atoms with Crippen LogP contribution < -0.4 is 5.32 Å². The van der Waals surface area contributed by atoms with Crippen molar-refractivity contribution in [2.24, 2.45) is 0 Å². The van der Waals surface area contributed by atoms with Crippen LogP contribution in [0.5, 0.6) is 0 Å². The number of hydrogen-bond acceptors (Lipinski definition) is 4. The summed E-state index contributed by atoms with van der Waals surface area (Å²) in [6, 6.07) is 5.11. The van der Waals surface area contributed by atoms with Gasteiger partial charge in [0.2, 0.25) is 0 Å². The lowest BCUT2D eigenvalue weighted by atomic mass is 10.3. The molecule has 1 heterocycles. The van der Waals surface area contributed by atoms with Gasteiger partial charge >= 0.3 is 0 Å². The summed E-state index contributed by atoms with van der Waals surface area (Å²) in [4.78, 5) is 15.2. The zero-order valence-corrected chi connectivity index (χ0v) is 9.23. The number of anilines is 1. The molecule has 0 fully saturated rings. The van der Waals surface area contributed by atoms with Crippen molar-refractivity contribution in [1.29, 1.82) is 5.26 Å². The summed E-state index contributed by atoms with van der Waals surface area (Å²) in [5.74, 6) is 0.155. The van der Waals surface area contributed by atoms with E-state index in [1.54, 1.807) is 12.1 Å². The van der Waals surface area contributed by atoms with Crippen molar-refractivity contribution < 1.29 is 9.53 Å². The van der Waals surface area contributed by atoms with Gasteiger partial charge in [-0.3, -0.25) is 4.79 Å². The van der Waals surface area contributed by atoms with Gasteiger partial charge in [-0.15, -0.1) is 0 Å². The summed E-state index contributed by atoms with van der Waals surface area (Å²) in [6.07, 6.45) is 1.42. The van der Waals surface area contributed by atoms with E-state index < -0.39 is 0 Å². The third kappa shape index (κ3) is 4.07. The van der Waals surface area contributed by atoms with E-state index in [0.29, 0.717) is 11.4 Å². The van der Waals surface area contributed by atoms with Crippen LogP contribution in [0.25, 0.3) is 0 Å². The Labute approximate surface area is 94.1 Å². The highest BCUT2D eigenvalue weighted by Gasteiger charge is 2.04. The molecule has 1 aromatic heterocycles. The van der Waals surface area contributed by atoms with Gasteiger partial charge in [-0.25, -0.2) is 4.98 Å². The lowest BCUT2D eigenvalue weighted by molar-refractivity contribution is -0.121. The van der Waals surface area contributed by atoms with Crippen molar-refractivity contribution >= 4 is 11.7 Å². The van der Waals surface area contributed by atoms with Crippen LogP contribution >= 0.6 is 0 Å². The van der Waals surface area contributed by atoms with E-state index in [0.717, 1.165) is 0 Å². The summed E-state index contributed by atoms with van der Waals surface area (Å²) in [5, 5.41) is 11.1. The minimum atomic E-state index is -0.258. The first-order valence-electron chi connectivity index (χ1n) is 4.89. The fourth-order valence-electron chi connectivity index (χ4n) is 0.955. The number of rotatable bonds is 4. The minimum absolute atomic E-state index is 0.000647. The number of nitrogens with one attached hydrogen (secondary N) is 1. The molecule has 5 heteroatoms. The van der Waals surface area contributed by atoms with E-state index in [4.69, 9.17) is 10.00 Å². The van der Waals surface area contributed by atoms with E-state index in [2.05, 4.69) is 10.3 Å². The molecule has 0 saturated carbocycles. The SMILES string of the molecule is CC(C)OCC(=O)Nc1ccc(C#N)cn1. The second-order valence-electron chi connectivity index (χ2n) is 3.45. The summed E-state index contributed by atoms with van der Waals surface area (Å²) in [5.41, 5.74) is 0.455. The van der Waals surface area contributed by atoms with Gasteiger partial charge in [0, 0.05) is 6.20 Å². The van der Waals surface area contributed by atoms with Crippen LogP contribution in [0.1, 0.15) is 19.4 Å². The zero-order valence-electron chi connectivity index (χ0n) is 9.23. The van der Waals surface area contributed by atoms with Crippen LogP contribution in [-0.2, 0) is 9.53 Å². The van der Waals surface area contributed by atoms with Crippen molar-refractivity contribution in [3.05, 3.63) is 23.9 Å². The molecule has 84 valence electrons. The number of carbonyl (C=O) groups is 1. The van der Waals surface area contributed by atoms with Crippen molar-refractivity contribution in [3.8, 4) is 6.07 Å². The van der Waals surface area contributed by atoms with Gasteiger partial charge in [0.25, 0.3) is 5.91 Å². The molecule has 0 spiro atoms. The predicted molar refractivity (Wildman–Crippen MR) is 58.7 cm³/mol. The maximum absolute atomic E-state index is 11.3. The summed E-state index contributed by atoms with van der Waals surface area (Å²) >= 11 is 0. The normalized spacial score (nSPS) is 9.88. The van der Waals surface area contributed by atoms with E-state index >= 15 is 0 Å². The number of hydrogen-bond donors (Lipinski definition) is 1. The Balaban J connectivity index is 2.47. The number of carbonyl (C=O) groups excluding carboxylic acids is 1. The Hall–Kier alpha value is -1.93. The zero-order chi connectivity index (χ0) is 12.0. The van der Waals surface area contributed by atoms with E-state index in [9.17, 15) is 4.79 Å². The Morgan fingerprint density at radius 3 is 2.88 bits per heavy atom. The second-order valence-corrected chi connectivity index (χ2v) is 3.45. The number of ether oxygens (including phenoxy) is 1. The van der Waals surface area contributed by atoms with Gasteiger partial charge in [-0.2, -0.15) is 5.26 Å². The summed E-state index contributed by atoms with van der Waals surface area (Å²) in [6.45, 7) is 3.71. The van der Waals surface area contributed by atoms with Crippen molar-refractivity contribution in [2.75, 3.05) is 11.9 Å². The first-order valence-corrected chi connectivity index (χ1v) is 4.89. The van der Waals surface area contributed by atoms with Crippen LogP contribution in [0.4, 0.5) is 5.82 Å². The second kappa shape index (κ2) is 5.83. The van der Waals surface area contributed by atoms with Gasteiger partial charge in [0.1, 0.15) is 18.5 Å². The first kappa shape index (κ1) is 12.1. The molecule has 5 nitrogen and oxygen atoms in total. The Bertz CT molecular complexity index is 393. The average molecular weight is 219 g/mol. The molecular formula is C11H13N3O2. The van der Waals surface area contributed by atoms with Gasteiger partial charge in [0.05, 0.1) is 11.7 Å². The quantitative estimate of drug-likeness (QED) is 0.828. The molecule has 0 aliphatic carbocycles. The van der Waals surface area contributed by atoms with E-state index in [1.807, 2.05) is 19.9 Å². The maximum Gasteiger partial charge on any atom is 0.251 e. The lowest BCUT2D eigenvalue weighted by Gasteiger charge is -2.07. The molecule has 0 unspecified atom stereocenters. The molecule has 0 aliphatic heterocycles. The highest BCUT2D eigenvalue weighted by atomic mass is 16.5. The van der Waals surface area contributed by atoms with Gasteiger partial charge in [-0.05, 0) is 26.0 Å². The third-order valence-corrected chi connectivity index (χ3v) is 1.71. The van der Waals surface area contributed by atoms with Crippen LogP contribution in [0.15, 0.2) is 18.3 Å². The molecule has 1 rings (SSSR count). The molecule has 0 aromatic carbocycles. The van der Waals surface area contributed by atoms with E-state index in [1.165, 1.54) is 6.20 Å². The van der Waals surface area contributed by atoms with Gasteiger partial charge in [-0.1, -0.05) is 0 Å². The monoisotopic (exact) mass is 219 g/mol. The summed E-state index contributed by atoms with van der Waals surface area (Å²) in [7, 11) is 0. The van der Waals surface area contributed by atoms with Gasteiger partial charge < -0.3 is 10.1 Å². The highest BCUT2D eigenvalue weighted by molar-refractivity contribution is 5.90. The highest BCUT2D eigenvalue weighted by Crippen LogP contribution is 2.03. The number of pyridine rings is 1. The molecule has 0 saturated heterocycles. The number of nitrogens with zero attached hydrogens (tertiary/aromatic N) is 2. The maximum atomic E-state index is 11.3. The van der Waals surface area contributed by atoms with Crippen LogP contribution in [-0.4, -0.2) is 23.6 Å². The van der Waals surface area contributed by atoms with E-state index in [-0.39, 0.29) is 18.6 Å². The molecule has 1 amide bonds. The van der Waals surface area contributed by atoms with Crippen molar-refractivity contribution in [2.45, 2.75) is 20.0 Å². The van der Waals surface area contributed by atoms with Crippen molar-refractivity contribution in [3.63, 3.8) is 0 Å². The molecule has 1 N–H and O–H groups in total. The number of amides is 1. The molecule has 0 bridgehead atoms. The third-order valence-electron chi connectivity index (χ3n) is 1.71. The largest absolute Gasteiger partial charge is 0.369 e. The summed E-state index contributed by atoms with van der Waals surface area (Å²) < 4.78 is 5.13. The Morgan fingerprint density at radius 2 is 2.38 bits per heavy atom. The average Bonchev–Trinajstić information content (AvgIpc) is 2.27. The minimum Gasteiger partial charge on any atom is -0.369 e. The van der Waals surface area contributed by atoms with Gasteiger partial charge in [0.15, 0.2) is 0 Å². The first-order chi connectivity index (χ1) is 7.61. The lowest BCUT2D eigenvalue weighted by Crippen LogP contribution is -2.21. The Morgan fingerprint density at radius 1 is 1.62 bits per heavy atom. The number of aromatic nitrogens is 1. The standard InChI is InChI=1S/C11H13N3O2/c1-8(2)16-7-11(15)14-10-4-3-9(5-12)6-13-10/h3-4,6,8H,7H2,1-2H3,(H,13,14,15). The fourth-order valence-corrected chi connectivity index (χ4v) is 0.955. The predicted octanol–water partition coefficient (Wildman–Crippen LogP) is 1.32.